The summed E-state index contributed by atoms with van der Waals surface area (Å²) in [5.41, 5.74) is 0. The first kappa shape index (κ1) is 16.8. The van der Waals surface area contributed by atoms with E-state index in [-0.39, 0.29) is 36.2 Å². The van der Waals surface area contributed by atoms with Crippen molar-refractivity contribution in [2.24, 2.45) is 29.6 Å². The normalized spacial score (nSPS) is 31.1. The maximum absolute atomic E-state index is 12.1. The van der Waals surface area contributed by atoms with Crippen LogP contribution in [0.2, 0.25) is 0 Å². The van der Waals surface area contributed by atoms with Crippen LogP contribution < -0.4 is 10.6 Å². The number of carbonyl (C=O) groups excluding carboxylic acids is 3. The molecule has 1 aliphatic heterocycles. The molecule has 2 aliphatic rings. The number of nitrogens with one attached hydrogen (secondary N) is 2. The highest BCUT2D eigenvalue weighted by Gasteiger charge is 2.41. The summed E-state index contributed by atoms with van der Waals surface area (Å²) in [6.07, 6.45) is 2.24. The lowest BCUT2D eigenvalue weighted by atomic mass is 9.75. The molecule has 2 fully saturated rings. The minimum Gasteiger partial charge on any atom is -0.359 e. The van der Waals surface area contributed by atoms with Crippen LogP contribution in [-0.4, -0.2) is 42.9 Å². The van der Waals surface area contributed by atoms with E-state index in [0.29, 0.717) is 24.3 Å². The van der Waals surface area contributed by atoms with E-state index in [0.717, 1.165) is 12.8 Å². The number of hydrogen-bond acceptors (Lipinski definition) is 3. The SMILES string of the molecule is CNC(=O)C(C)C(CN1CC(=O)NC1=O)[C@H]1CC[C@@H](C)[C@H]1C. The summed E-state index contributed by atoms with van der Waals surface area (Å²) in [4.78, 5) is 36.9. The van der Waals surface area contributed by atoms with Crippen molar-refractivity contribution < 1.29 is 14.4 Å². The van der Waals surface area contributed by atoms with Crippen molar-refractivity contribution in [1.82, 2.24) is 15.5 Å². The standard InChI is InChI=1S/C16H27N3O3/c1-9-5-6-12(10(9)2)13(11(3)15(21)17-4)7-19-8-14(20)18-16(19)22/h9-13H,5-8H2,1-4H3,(H,17,21)(H,18,20,22)/t9-,10-,11?,12+,13?/m1/s1. The van der Waals surface area contributed by atoms with Gasteiger partial charge in [-0.1, -0.05) is 27.2 Å². The number of carbonyl (C=O) groups is 3. The fraction of sp³-hybridized carbons (Fsp3) is 0.812. The summed E-state index contributed by atoms with van der Waals surface area (Å²) in [6, 6.07) is -0.335. The molecular formula is C16H27N3O3. The Balaban J connectivity index is 2.16. The zero-order valence-corrected chi connectivity index (χ0v) is 13.9. The van der Waals surface area contributed by atoms with Gasteiger partial charge in [-0.05, 0) is 30.1 Å². The molecule has 0 aromatic heterocycles. The van der Waals surface area contributed by atoms with Crippen LogP contribution >= 0.6 is 0 Å². The molecule has 5 atom stereocenters. The zero-order valence-electron chi connectivity index (χ0n) is 13.9. The van der Waals surface area contributed by atoms with E-state index >= 15 is 0 Å². The second-order valence-electron chi connectivity index (χ2n) is 6.88. The van der Waals surface area contributed by atoms with Gasteiger partial charge in [0.15, 0.2) is 0 Å². The van der Waals surface area contributed by atoms with E-state index in [4.69, 9.17) is 0 Å². The van der Waals surface area contributed by atoms with Crippen LogP contribution in [0.15, 0.2) is 0 Å². The number of rotatable bonds is 5. The summed E-state index contributed by atoms with van der Waals surface area (Å²) in [7, 11) is 1.64. The van der Waals surface area contributed by atoms with Crippen molar-refractivity contribution in [3.8, 4) is 0 Å². The molecule has 2 unspecified atom stereocenters. The average Bonchev–Trinajstić information content (AvgIpc) is 2.97. The van der Waals surface area contributed by atoms with Crippen LogP contribution in [0.5, 0.6) is 0 Å². The van der Waals surface area contributed by atoms with Gasteiger partial charge in [-0.2, -0.15) is 0 Å². The quantitative estimate of drug-likeness (QED) is 0.750. The Labute approximate surface area is 132 Å². The maximum atomic E-state index is 12.1. The number of imide groups is 1. The van der Waals surface area contributed by atoms with Crippen molar-refractivity contribution in [1.29, 1.82) is 0 Å². The summed E-state index contributed by atoms with van der Waals surface area (Å²) in [5, 5.41) is 5.03. The van der Waals surface area contributed by atoms with Crippen LogP contribution in [0.1, 0.15) is 33.6 Å². The van der Waals surface area contributed by atoms with E-state index in [1.54, 1.807) is 11.9 Å². The fourth-order valence-corrected chi connectivity index (χ4v) is 3.98. The van der Waals surface area contributed by atoms with Crippen molar-refractivity contribution >= 4 is 17.8 Å². The molecule has 1 heterocycles. The number of amides is 4. The summed E-state index contributed by atoms with van der Waals surface area (Å²) in [5.74, 6) is 1.22. The lowest BCUT2D eigenvalue weighted by Crippen LogP contribution is -2.43. The third-order valence-corrected chi connectivity index (χ3v) is 5.68. The van der Waals surface area contributed by atoms with Crippen LogP contribution in [0, 0.1) is 29.6 Å². The molecule has 0 spiro atoms. The molecule has 22 heavy (non-hydrogen) atoms. The van der Waals surface area contributed by atoms with E-state index < -0.39 is 0 Å². The molecule has 1 saturated heterocycles. The third kappa shape index (κ3) is 3.25. The average molecular weight is 309 g/mol. The van der Waals surface area contributed by atoms with Gasteiger partial charge in [-0.3, -0.25) is 14.9 Å². The first-order valence-corrected chi connectivity index (χ1v) is 8.15. The Morgan fingerprint density at radius 1 is 1.36 bits per heavy atom. The lowest BCUT2D eigenvalue weighted by molar-refractivity contribution is -0.126. The monoisotopic (exact) mass is 309 g/mol. The molecule has 0 aromatic rings. The van der Waals surface area contributed by atoms with Gasteiger partial charge in [0.1, 0.15) is 6.54 Å². The van der Waals surface area contributed by atoms with Crippen LogP contribution in [0.4, 0.5) is 4.79 Å². The first-order chi connectivity index (χ1) is 10.3. The minimum atomic E-state index is -0.335. The molecule has 6 heteroatoms. The van der Waals surface area contributed by atoms with Gasteiger partial charge in [-0.25, -0.2) is 4.79 Å². The number of nitrogens with zero attached hydrogens (tertiary/aromatic N) is 1. The molecule has 2 rings (SSSR count). The summed E-state index contributed by atoms with van der Waals surface area (Å²) < 4.78 is 0. The Kier molecular flexibility index (Phi) is 5.08. The van der Waals surface area contributed by atoms with Crippen molar-refractivity contribution in [3.63, 3.8) is 0 Å². The Bertz CT molecular complexity index is 466. The fourth-order valence-electron chi connectivity index (χ4n) is 3.98. The van der Waals surface area contributed by atoms with Crippen LogP contribution in [-0.2, 0) is 9.59 Å². The molecule has 6 nitrogen and oxygen atoms in total. The lowest BCUT2D eigenvalue weighted by Gasteiger charge is -2.34. The predicted octanol–water partition coefficient (Wildman–Crippen LogP) is 1.22. The molecule has 2 N–H and O–H groups in total. The van der Waals surface area contributed by atoms with Gasteiger partial charge in [0.2, 0.25) is 11.8 Å². The van der Waals surface area contributed by atoms with E-state index in [1.807, 2.05) is 6.92 Å². The first-order valence-electron chi connectivity index (χ1n) is 8.15. The molecule has 1 aliphatic carbocycles. The summed E-state index contributed by atoms with van der Waals surface area (Å²) in [6.45, 7) is 6.98. The van der Waals surface area contributed by atoms with Crippen molar-refractivity contribution in [2.45, 2.75) is 33.6 Å². The largest absolute Gasteiger partial charge is 0.359 e. The topological polar surface area (TPSA) is 78.5 Å². The highest BCUT2D eigenvalue weighted by atomic mass is 16.2. The Morgan fingerprint density at radius 3 is 2.50 bits per heavy atom. The third-order valence-electron chi connectivity index (χ3n) is 5.68. The second kappa shape index (κ2) is 6.67. The zero-order chi connectivity index (χ0) is 16.4. The number of urea groups is 1. The van der Waals surface area contributed by atoms with E-state index in [9.17, 15) is 14.4 Å². The van der Waals surface area contributed by atoms with Gasteiger partial charge < -0.3 is 10.2 Å². The highest BCUT2D eigenvalue weighted by molar-refractivity contribution is 6.01. The minimum absolute atomic E-state index is 0.00249. The molecular weight excluding hydrogens is 282 g/mol. The Hall–Kier alpha value is -1.59. The van der Waals surface area contributed by atoms with Gasteiger partial charge >= 0.3 is 6.03 Å². The highest BCUT2D eigenvalue weighted by Crippen LogP contribution is 2.43. The molecule has 4 amide bonds. The second-order valence-corrected chi connectivity index (χ2v) is 6.88. The van der Waals surface area contributed by atoms with Crippen LogP contribution in [0.25, 0.3) is 0 Å². The van der Waals surface area contributed by atoms with Crippen molar-refractivity contribution in [2.75, 3.05) is 20.1 Å². The van der Waals surface area contributed by atoms with Gasteiger partial charge in [0.05, 0.1) is 0 Å². The summed E-state index contributed by atoms with van der Waals surface area (Å²) >= 11 is 0. The van der Waals surface area contributed by atoms with Crippen LogP contribution in [0.3, 0.4) is 0 Å². The van der Waals surface area contributed by atoms with Gasteiger partial charge in [-0.15, -0.1) is 0 Å². The maximum Gasteiger partial charge on any atom is 0.324 e. The van der Waals surface area contributed by atoms with Gasteiger partial charge in [0, 0.05) is 19.5 Å². The molecule has 0 bridgehead atoms. The number of hydrogen-bond donors (Lipinski definition) is 2. The van der Waals surface area contributed by atoms with Gasteiger partial charge in [0.25, 0.3) is 0 Å². The molecule has 1 saturated carbocycles. The Morgan fingerprint density at radius 2 is 2.05 bits per heavy atom. The molecule has 0 aromatic carbocycles. The van der Waals surface area contributed by atoms with E-state index in [1.165, 1.54) is 0 Å². The molecule has 124 valence electrons. The van der Waals surface area contributed by atoms with Crippen molar-refractivity contribution in [3.05, 3.63) is 0 Å². The smallest absolute Gasteiger partial charge is 0.324 e. The van der Waals surface area contributed by atoms with E-state index in [2.05, 4.69) is 24.5 Å². The molecule has 0 radical (unpaired) electrons. The predicted molar refractivity (Wildman–Crippen MR) is 82.9 cm³/mol.